The predicted octanol–water partition coefficient (Wildman–Crippen LogP) is 1.09. The summed E-state index contributed by atoms with van der Waals surface area (Å²) < 4.78 is 5.41. The monoisotopic (exact) mass is 246 g/mol. The summed E-state index contributed by atoms with van der Waals surface area (Å²) >= 11 is 0. The van der Waals surface area contributed by atoms with Crippen LogP contribution in [0.2, 0.25) is 0 Å². The number of ether oxygens (including phenoxy) is 1. The van der Waals surface area contributed by atoms with E-state index >= 15 is 0 Å². The molecule has 1 aromatic heterocycles. The Kier molecular flexibility index (Phi) is 4.94. The van der Waals surface area contributed by atoms with Gasteiger partial charge in [0.05, 0.1) is 18.2 Å². The van der Waals surface area contributed by atoms with Crippen molar-refractivity contribution in [1.82, 2.24) is 9.88 Å². The van der Waals surface area contributed by atoms with Crippen molar-refractivity contribution in [1.29, 1.82) is 5.26 Å². The van der Waals surface area contributed by atoms with Crippen molar-refractivity contribution >= 4 is 5.82 Å². The minimum atomic E-state index is 0.635. The molecule has 0 aliphatic carbocycles. The lowest BCUT2D eigenvalue weighted by Crippen LogP contribution is -2.31. The molecule has 1 N–H and O–H groups in total. The number of nitrogens with zero attached hydrogens (tertiary/aromatic N) is 3. The molecule has 96 valence electrons. The lowest BCUT2D eigenvalue weighted by Gasteiger charge is -2.19. The molecule has 0 unspecified atom stereocenters. The Hall–Kier alpha value is -1.64. The highest BCUT2D eigenvalue weighted by Gasteiger charge is 2.08. The SMILES string of the molecule is N#Cc1ccnc(NCCN2CCCOCC2)c1. The van der Waals surface area contributed by atoms with Gasteiger partial charge in [0.15, 0.2) is 0 Å². The van der Waals surface area contributed by atoms with Gasteiger partial charge in [-0.25, -0.2) is 4.98 Å². The van der Waals surface area contributed by atoms with Crippen LogP contribution >= 0.6 is 0 Å². The zero-order valence-electron chi connectivity index (χ0n) is 10.4. The molecule has 5 nitrogen and oxygen atoms in total. The van der Waals surface area contributed by atoms with Crippen LogP contribution in [-0.2, 0) is 4.74 Å². The first-order valence-corrected chi connectivity index (χ1v) is 6.28. The van der Waals surface area contributed by atoms with Crippen molar-refractivity contribution in [3.05, 3.63) is 23.9 Å². The zero-order valence-corrected chi connectivity index (χ0v) is 10.4. The molecule has 0 radical (unpaired) electrons. The second-order valence-electron chi connectivity index (χ2n) is 4.28. The fourth-order valence-electron chi connectivity index (χ4n) is 1.96. The number of pyridine rings is 1. The number of nitriles is 1. The van der Waals surface area contributed by atoms with E-state index in [-0.39, 0.29) is 0 Å². The summed E-state index contributed by atoms with van der Waals surface area (Å²) in [5, 5.41) is 12.0. The quantitative estimate of drug-likeness (QED) is 0.861. The zero-order chi connectivity index (χ0) is 12.6. The van der Waals surface area contributed by atoms with Gasteiger partial charge >= 0.3 is 0 Å². The predicted molar refractivity (Wildman–Crippen MR) is 69.3 cm³/mol. The van der Waals surface area contributed by atoms with Gasteiger partial charge in [0.25, 0.3) is 0 Å². The first-order valence-electron chi connectivity index (χ1n) is 6.28. The van der Waals surface area contributed by atoms with Crippen LogP contribution in [-0.4, -0.2) is 49.3 Å². The van der Waals surface area contributed by atoms with Gasteiger partial charge in [-0.1, -0.05) is 0 Å². The fraction of sp³-hybridized carbons (Fsp3) is 0.538. The normalized spacial score (nSPS) is 16.8. The van der Waals surface area contributed by atoms with E-state index in [1.54, 1.807) is 18.3 Å². The summed E-state index contributed by atoms with van der Waals surface area (Å²) in [6.45, 7) is 5.59. The van der Waals surface area contributed by atoms with E-state index in [1.807, 2.05) is 0 Å². The Labute approximate surface area is 107 Å². The lowest BCUT2D eigenvalue weighted by molar-refractivity contribution is 0.142. The van der Waals surface area contributed by atoms with E-state index in [1.165, 1.54) is 0 Å². The number of hydrogen-bond donors (Lipinski definition) is 1. The summed E-state index contributed by atoms with van der Waals surface area (Å²) in [5.41, 5.74) is 0.635. The minimum absolute atomic E-state index is 0.635. The Bertz CT molecular complexity index is 408. The Morgan fingerprint density at radius 1 is 1.44 bits per heavy atom. The van der Waals surface area contributed by atoms with Gasteiger partial charge in [0.1, 0.15) is 5.82 Å². The van der Waals surface area contributed by atoms with Gasteiger partial charge in [0, 0.05) is 39.0 Å². The van der Waals surface area contributed by atoms with E-state index in [0.29, 0.717) is 5.56 Å². The number of nitrogens with one attached hydrogen (secondary N) is 1. The fourth-order valence-corrected chi connectivity index (χ4v) is 1.96. The molecule has 1 fully saturated rings. The van der Waals surface area contributed by atoms with Crippen LogP contribution in [0.3, 0.4) is 0 Å². The molecule has 0 amide bonds. The van der Waals surface area contributed by atoms with Crippen LogP contribution in [0.5, 0.6) is 0 Å². The van der Waals surface area contributed by atoms with E-state index < -0.39 is 0 Å². The van der Waals surface area contributed by atoms with Crippen molar-refractivity contribution < 1.29 is 4.74 Å². The molecule has 1 saturated heterocycles. The summed E-state index contributed by atoms with van der Waals surface area (Å²) in [5.74, 6) is 0.764. The van der Waals surface area contributed by atoms with Gasteiger partial charge in [0.2, 0.25) is 0 Å². The summed E-state index contributed by atoms with van der Waals surface area (Å²) in [4.78, 5) is 6.57. The second kappa shape index (κ2) is 6.94. The molecule has 0 spiro atoms. The molecule has 0 atom stereocenters. The molecule has 0 aromatic carbocycles. The standard InChI is InChI=1S/C13H18N4O/c14-11-12-2-3-15-13(10-12)16-4-6-17-5-1-8-18-9-7-17/h2-3,10H,1,4-9H2,(H,15,16). The van der Waals surface area contributed by atoms with Gasteiger partial charge < -0.3 is 10.1 Å². The summed E-state index contributed by atoms with van der Waals surface area (Å²) in [6.07, 6.45) is 2.75. The topological polar surface area (TPSA) is 61.2 Å². The average molecular weight is 246 g/mol. The van der Waals surface area contributed by atoms with E-state index in [4.69, 9.17) is 10.00 Å². The Morgan fingerprint density at radius 2 is 2.39 bits per heavy atom. The molecule has 1 aromatic rings. The number of aromatic nitrogens is 1. The highest BCUT2D eigenvalue weighted by Crippen LogP contribution is 2.05. The van der Waals surface area contributed by atoms with Crippen molar-refractivity contribution in [2.75, 3.05) is 44.7 Å². The third-order valence-electron chi connectivity index (χ3n) is 2.94. The molecule has 18 heavy (non-hydrogen) atoms. The van der Waals surface area contributed by atoms with Gasteiger partial charge in [-0.15, -0.1) is 0 Å². The van der Waals surface area contributed by atoms with E-state index in [0.717, 1.165) is 51.6 Å². The lowest BCUT2D eigenvalue weighted by atomic mass is 10.3. The summed E-state index contributed by atoms with van der Waals surface area (Å²) in [7, 11) is 0. The Balaban J connectivity index is 1.75. The third-order valence-corrected chi connectivity index (χ3v) is 2.94. The van der Waals surface area contributed by atoms with E-state index in [9.17, 15) is 0 Å². The molecular weight excluding hydrogens is 228 g/mol. The molecule has 1 aliphatic rings. The van der Waals surface area contributed by atoms with Crippen LogP contribution in [0.15, 0.2) is 18.3 Å². The van der Waals surface area contributed by atoms with Gasteiger partial charge in [-0.3, -0.25) is 4.90 Å². The third kappa shape index (κ3) is 3.99. The van der Waals surface area contributed by atoms with E-state index in [2.05, 4.69) is 21.3 Å². The molecule has 1 aliphatic heterocycles. The smallest absolute Gasteiger partial charge is 0.127 e. The maximum atomic E-state index is 8.79. The maximum absolute atomic E-state index is 8.79. The highest BCUT2D eigenvalue weighted by atomic mass is 16.5. The second-order valence-corrected chi connectivity index (χ2v) is 4.28. The first kappa shape index (κ1) is 12.8. The van der Waals surface area contributed by atoms with Crippen molar-refractivity contribution in [3.63, 3.8) is 0 Å². The van der Waals surface area contributed by atoms with Gasteiger partial charge in [-0.2, -0.15) is 5.26 Å². The minimum Gasteiger partial charge on any atom is -0.380 e. The van der Waals surface area contributed by atoms with Crippen LogP contribution in [0.25, 0.3) is 0 Å². The maximum Gasteiger partial charge on any atom is 0.127 e. The number of anilines is 1. The van der Waals surface area contributed by atoms with Crippen LogP contribution < -0.4 is 5.32 Å². The van der Waals surface area contributed by atoms with Crippen LogP contribution in [0.1, 0.15) is 12.0 Å². The number of hydrogen-bond acceptors (Lipinski definition) is 5. The first-order chi connectivity index (χ1) is 8.88. The number of rotatable bonds is 4. The molecular formula is C13H18N4O. The van der Waals surface area contributed by atoms with Gasteiger partial charge in [-0.05, 0) is 18.6 Å². The Morgan fingerprint density at radius 3 is 3.28 bits per heavy atom. The molecule has 0 saturated carbocycles. The molecule has 2 heterocycles. The van der Waals surface area contributed by atoms with Crippen molar-refractivity contribution in [2.45, 2.75) is 6.42 Å². The van der Waals surface area contributed by atoms with Crippen molar-refractivity contribution in [3.8, 4) is 6.07 Å². The van der Waals surface area contributed by atoms with Crippen molar-refractivity contribution in [2.24, 2.45) is 0 Å². The average Bonchev–Trinajstić information content (AvgIpc) is 2.68. The van der Waals surface area contributed by atoms with Crippen LogP contribution in [0, 0.1) is 11.3 Å². The molecule has 5 heteroatoms. The summed E-state index contributed by atoms with van der Waals surface area (Å²) in [6, 6.07) is 5.58. The largest absolute Gasteiger partial charge is 0.380 e. The highest BCUT2D eigenvalue weighted by molar-refractivity contribution is 5.42. The molecule has 0 bridgehead atoms. The molecule has 2 rings (SSSR count). The van der Waals surface area contributed by atoms with Crippen LogP contribution in [0.4, 0.5) is 5.82 Å².